The van der Waals surface area contributed by atoms with Gasteiger partial charge in [0.1, 0.15) is 41.7 Å². The predicted octanol–water partition coefficient (Wildman–Crippen LogP) is 3.62. The Morgan fingerprint density at radius 2 is 1.58 bits per heavy atom. The maximum absolute atomic E-state index is 12.7. The molecule has 0 aromatic heterocycles. The predicted molar refractivity (Wildman–Crippen MR) is 170 cm³/mol. The standard InChI is InChI=1S/C33H42N2O13/c1-5-7-11-45-29(40)10-9-21(32(41)46-12-8-6-2)35-28(39)18-34-33(42)48-31-26(43-3)13-19(14-27(31)44-4)24-17-23(38)30-22(37)15-20(36)16-25(30)47-24/h13-17,21,23,36-38H,5-12,18H2,1-4H3,(H,34,42)(H,35,39). The molecule has 5 N–H and O–H groups in total. The van der Waals surface area contributed by atoms with Crippen LogP contribution in [0.4, 0.5) is 4.79 Å². The minimum absolute atomic E-state index is 0.0215. The molecular formula is C33H42N2O13. The Morgan fingerprint density at radius 3 is 2.21 bits per heavy atom. The van der Waals surface area contributed by atoms with Gasteiger partial charge in [-0.1, -0.05) is 26.7 Å². The molecule has 0 saturated carbocycles. The van der Waals surface area contributed by atoms with Gasteiger partial charge in [0.05, 0.1) is 33.0 Å². The number of amides is 2. The van der Waals surface area contributed by atoms with Crippen molar-refractivity contribution in [1.82, 2.24) is 10.6 Å². The van der Waals surface area contributed by atoms with Crippen LogP contribution in [-0.2, 0) is 23.9 Å². The van der Waals surface area contributed by atoms with E-state index in [-0.39, 0.29) is 71.9 Å². The van der Waals surface area contributed by atoms with Crippen molar-refractivity contribution in [1.29, 1.82) is 0 Å². The fourth-order valence-electron chi connectivity index (χ4n) is 4.49. The zero-order valence-electron chi connectivity index (χ0n) is 27.3. The number of phenols is 2. The van der Waals surface area contributed by atoms with Crippen molar-refractivity contribution in [3.63, 3.8) is 0 Å². The maximum atomic E-state index is 12.7. The summed E-state index contributed by atoms with van der Waals surface area (Å²) in [6.45, 7) is 3.71. The van der Waals surface area contributed by atoms with Gasteiger partial charge in [-0.15, -0.1) is 0 Å². The summed E-state index contributed by atoms with van der Waals surface area (Å²) in [5.74, 6) is -2.54. The lowest BCUT2D eigenvalue weighted by atomic mass is 10.0. The van der Waals surface area contributed by atoms with E-state index < -0.39 is 42.6 Å². The molecule has 2 unspecified atom stereocenters. The highest BCUT2D eigenvalue weighted by atomic mass is 16.6. The van der Waals surface area contributed by atoms with Crippen LogP contribution in [0.1, 0.15) is 69.6 Å². The highest BCUT2D eigenvalue weighted by molar-refractivity contribution is 5.88. The van der Waals surface area contributed by atoms with Crippen LogP contribution < -0.4 is 29.6 Å². The lowest BCUT2D eigenvalue weighted by molar-refractivity contribution is -0.149. The molecule has 0 radical (unpaired) electrons. The number of hydrogen-bond donors (Lipinski definition) is 5. The van der Waals surface area contributed by atoms with Crippen molar-refractivity contribution in [3.05, 3.63) is 41.5 Å². The number of carbonyl (C=O) groups excluding carboxylic acids is 4. The fraction of sp³-hybridized carbons (Fsp3) is 0.455. The van der Waals surface area contributed by atoms with Crippen LogP contribution >= 0.6 is 0 Å². The Balaban J connectivity index is 1.66. The molecule has 0 fully saturated rings. The van der Waals surface area contributed by atoms with Gasteiger partial charge in [0.25, 0.3) is 0 Å². The van der Waals surface area contributed by atoms with Gasteiger partial charge < -0.3 is 54.4 Å². The number of methoxy groups -OCH3 is 2. The molecule has 15 heteroatoms. The van der Waals surface area contributed by atoms with E-state index in [1.165, 1.54) is 38.5 Å². The number of unbranched alkanes of at least 4 members (excludes halogenated alkanes) is 2. The van der Waals surface area contributed by atoms with Crippen LogP contribution in [0.25, 0.3) is 5.76 Å². The molecule has 0 aliphatic carbocycles. The molecule has 48 heavy (non-hydrogen) atoms. The molecule has 2 amide bonds. The zero-order chi connectivity index (χ0) is 35.2. The molecule has 3 rings (SSSR count). The van der Waals surface area contributed by atoms with Crippen molar-refractivity contribution in [2.75, 3.05) is 34.0 Å². The van der Waals surface area contributed by atoms with Gasteiger partial charge in [-0.05, 0) is 37.5 Å². The molecule has 2 atom stereocenters. The number of phenolic OH excluding ortho intramolecular Hbond substituents is 2. The topological polar surface area (TPSA) is 208 Å². The number of benzene rings is 2. The Hall–Kier alpha value is -5.18. The fourth-order valence-corrected chi connectivity index (χ4v) is 4.49. The van der Waals surface area contributed by atoms with Crippen LogP contribution in [-0.4, -0.2) is 79.3 Å². The van der Waals surface area contributed by atoms with Crippen LogP contribution in [0.5, 0.6) is 34.5 Å². The number of esters is 2. The highest BCUT2D eigenvalue weighted by Gasteiger charge is 2.28. The second-order valence-electron chi connectivity index (χ2n) is 10.7. The van der Waals surface area contributed by atoms with Crippen LogP contribution in [0.3, 0.4) is 0 Å². The van der Waals surface area contributed by atoms with E-state index >= 15 is 0 Å². The van der Waals surface area contributed by atoms with Crippen molar-refractivity contribution >= 4 is 29.7 Å². The number of ether oxygens (including phenoxy) is 6. The minimum atomic E-state index is -1.27. The largest absolute Gasteiger partial charge is 0.508 e. The second kappa shape index (κ2) is 18.2. The van der Waals surface area contributed by atoms with Crippen molar-refractivity contribution in [3.8, 4) is 34.5 Å². The lowest BCUT2D eigenvalue weighted by Gasteiger charge is -2.24. The summed E-state index contributed by atoms with van der Waals surface area (Å²) in [6, 6.07) is 4.04. The summed E-state index contributed by atoms with van der Waals surface area (Å²) in [6.07, 6.45) is 1.79. The number of rotatable bonds is 17. The third-order valence-corrected chi connectivity index (χ3v) is 7.02. The summed E-state index contributed by atoms with van der Waals surface area (Å²) < 4.78 is 32.3. The number of carbonyl (C=O) groups is 4. The van der Waals surface area contributed by atoms with Gasteiger partial charge >= 0.3 is 18.0 Å². The molecule has 2 aromatic carbocycles. The SMILES string of the molecule is CCCCOC(=O)CCC(NC(=O)CNC(=O)Oc1c(OC)cc(C2=CC(O)c3c(O)cc(O)cc3O2)cc1OC)C(=O)OCCCC. The average molecular weight is 675 g/mol. The zero-order valence-corrected chi connectivity index (χ0v) is 27.3. The highest BCUT2D eigenvalue weighted by Crippen LogP contribution is 2.46. The molecule has 262 valence electrons. The number of aliphatic hydroxyl groups excluding tert-OH is 1. The molecule has 1 aliphatic heterocycles. The summed E-state index contributed by atoms with van der Waals surface area (Å²) in [7, 11) is 2.62. The van der Waals surface area contributed by atoms with E-state index in [9.17, 15) is 34.5 Å². The van der Waals surface area contributed by atoms with E-state index in [2.05, 4.69) is 10.6 Å². The van der Waals surface area contributed by atoms with Crippen LogP contribution in [0.15, 0.2) is 30.3 Å². The first-order chi connectivity index (χ1) is 23.0. The van der Waals surface area contributed by atoms with Gasteiger partial charge in [-0.3, -0.25) is 9.59 Å². The monoisotopic (exact) mass is 674 g/mol. The van der Waals surface area contributed by atoms with Crippen molar-refractivity contribution in [2.24, 2.45) is 0 Å². The summed E-state index contributed by atoms with van der Waals surface area (Å²) >= 11 is 0. The summed E-state index contributed by atoms with van der Waals surface area (Å²) in [5.41, 5.74) is 0.398. The average Bonchev–Trinajstić information content (AvgIpc) is 3.05. The van der Waals surface area contributed by atoms with Crippen molar-refractivity contribution < 1.29 is 62.9 Å². The van der Waals surface area contributed by atoms with Gasteiger partial charge in [-0.2, -0.15) is 0 Å². The number of nitrogens with one attached hydrogen (secondary N) is 2. The molecule has 2 aromatic rings. The first kappa shape index (κ1) is 37.3. The number of hydrogen-bond acceptors (Lipinski definition) is 13. The summed E-state index contributed by atoms with van der Waals surface area (Å²) in [4.78, 5) is 50.1. The Morgan fingerprint density at radius 1 is 0.938 bits per heavy atom. The second-order valence-corrected chi connectivity index (χ2v) is 10.7. The van der Waals surface area contributed by atoms with Gasteiger partial charge in [-0.25, -0.2) is 9.59 Å². The molecule has 0 saturated heterocycles. The maximum Gasteiger partial charge on any atom is 0.413 e. The molecule has 0 spiro atoms. The Kier molecular flexibility index (Phi) is 14.2. The first-order valence-electron chi connectivity index (χ1n) is 15.5. The molecule has 15 nitrogen and oxygen atoms in total. The third kappa shape index (κ3) is 10.4. The Bertz CT molecular complexity index is 1470. The van der Waals surface area contributed by atoms with Gasteiger partial charge in [0.2, 0.25) is 11.7 Å². The Labute approximate surface area is 277 Å². The quantitative estimate of drug-likeness (QED) is 0.120. The molecular weight excluding hydrogens is 632 g/mol. The van der Waals surface area contributed by atoms with Crippen LogP contribution in [0, 0.1) is 0 Å². The molecule has 1 heterocycles. The number of aromatic hydroxyl groups is 2. The normalized spacial score (nSPS) is 13.9. The van der Waals surface area contributed by atoms with Gasteiger partial charge in [0, 0.05) is 24.1 Å². The first-order valence-corrected chi connectivity index (χ1v) is 15.5. The van der Waals surface area contributed by atoms with Gasteiger partial charge in [0.15, 0.2) is 11.5 Å². The molecule has 0 bridgehead atoms. The smallest absolute Gasteiger partial charge is 0.413 e. The van der Waals surface area contributed by atoms with Crippen molar-refractivity contribution in [2.45, 2.75) is 64.5 Å². The lowest BCUT2D eigenvalue weighted by Crippen LogP contribution is -2.46. The van der Waals surface area contributed by atoms with E-state index in [1.54, 1.807) is 0 Å². The van der Waals surface area contributed by atoms with E-state index in [0.29, 0.717) is 18.4 Å². The van der Waals surface area contributed by atoms with E-state index in [0.717, 1.165) is 18.9 Å². The van der Waals surface area contributed by atoms with E-state index in [4.69, 9.17) is 28.4 Å². The number of fused-ring (bicyclic) bond motifs is 1. The minimum Gasteiger partial charge on any atom is -0.508 e. The van der Waals surface area contributed by atoms with E-state index in [1.807, 2.05) is 13.8 Å². The molecule has 1 aliphatic rings. The third-order valence-electron chi connectivity index (χ3n) is 7.02. The number of aliphatic hydroxyl groups is 1. The van der Waals surface area contributed by atoms with Crippen LogP contribution in [0.2, 0.25) is 0 Å². The summed E-state index contributed by atoms with van der Waals surface area (Å²) in [5, 5.41) is 35.4.